The van der Waals surface area contributed by atoms with Crippen LogP contribution in [0.15, 0.2) is 109 Å². The lowest BCUT2D eigenvalue weighted by molar-refractivity contribution is -0.146. The number of carboxylic acids is 1. The van der Waals surface area contributed by atoms with Gasteiger partial charge >= 0.3 is 12.1 Å². The number of aliphatic carboxylic acids is 1. The number of likely N-dealkylation sites (N-methyl/N-ethyl adjacent to an activating group) is 1. The Kier molecular flexibility index (Phi) is 12.5. The molecule has 0 bridgehead atoms. The molecule has 1 aliphatic heterocycles. The first-order valence-electron chi connectivity index (χ1n) is 20.5. The first-order valence-corrected chi connectivity index (χ1v) is 20.5. The molecule has 1 saturated carbocycles. The fourth-order valence-corrected chi connectivity index (χ4v) is 9.07. The molecule has 2 aliphatic carbocycles. The minimum atomic E-state index is -1.31. The van der Waals surface area contributed by atoms with Gasteiger partial charge in [-0.25, -0.2) is 9.59 Å². The number of likely N-dealkylation sites (tertiary alicyclic amines) is 1. The molecular weight excluding hydrogens is 733 g/mol. The summed E-state index contributed by atoms with van der Waals surface area (Å²) in [5.41, 5.74) is 5.86. The van der Waals surface area contributed by atoms with Crippen molar-refractivity contribution in [3.05, 3.63) is 131 Å². The predicted octanol–water partition coefficient (Wildman–Crippen LogP) is 6.71. The fourth-order valence-electron chi connectivity index (χ4n) is 9.07. The van der Waals surface area contributed by atoms with Crippen LogP contribution in [-0.4, -0.2) is 89.1 Å². The van der Waals surface area contributed by atoms with Gasteiger partial charge in [-0.15, -0.1) is 0 Å². The third-order valence-corrected chi connectivity index (χ3v) is 12.3. The maximum absolute atomic E-state index is 14.6. The second-order valence-electron chi connectivity index (χ2n) is 15.8. The summed E-state index contributed by atoms with van der Waals surface area (Å²) in [6.07, 6.45) is 4.56. The van der Waals surface area contributed by atoms with Crippen LogP contribution in [0.25, 0.3) is 11.1 Å². The third kappa shape index (κ3) is 8.49. The minimum Gasteiger partial charge on any atom is -0.480 e. The van der Waals surface area contributed by atoms with E-state index in [-0.39, 0.29) is 24.3 Å². The van der Waals surface area contributed by atoms with E-state index in [0.29, 0.717) is 19.4 Å². The molecule has 4 amide bonds. The molecule has 1 heterocycles. The number of amides is 4. The summed E-state index contributed by atoms with van der Waals surface area (Å²) in [4.78, 5) is 71.7. The molecule has 7 rings (SSSR count). The number of ether oxygens (including phenoxy) is 1. The van der Waals surface area contributed by atoms with E-state index in [4.69, 9.17) is 4.74 Å². The molecule has 11 nitrogen and oxygen atoms in total. The molecule has 4 aromatic carbocycles. The van der Waals surface area contributed by atoms with Gasteiger partial charge in [0.25, 0.3) is 0 Å². The van der Waals surface area contributed by atoms with Gasteiger partial charge in [0.2, 0.25) is 17.7 Å². The van der Waals surface area contributed by atoms with E-state index in [9.17, 15) is 29.1 Å². The zero-order valence-electron chi connectivity index (χ0n) is 33.1. The van der Waals surface area contributed by atoms with Crippen LogP contribution >= 0.6 is 0 Å². The van der Waals surface area contributed by atoms with E-state index in [0.717, 1.165) is 65.5 Å². The zero-order valence-corrected chi connectivity index (χ0v) is 33.1. The summed E-state index contributed by atoms with van der Waals surface area (Å²) in [6.45, 7) is 2.00. The van der Waals surface area contributed by atoms with E-state index >= 15 is 0 Å². The molecule has 58 heavy (non-hydrogen) atoms. The summed E-state index contributed by atoms with van der Waals surface area (Å²) in [7, 11) is 1.51. The van der Waals surface area contributed by atoms with Crippen molar-refractivity contribution in [2.24, 2.45) is 5.92 Å². The number of fused-ring (bicyclic) bond motifs is 3. The minimum absolute atomic E-state index is 0.104. The van der Waals surface area contributed by atoms with Crippen molar-refractivity contribution in [2.45, 2.75) is 87.9 Å². The van der Waals surface area contributed by atoms with Gasteiger partial charge in [0.15, 0.2) is 0 Å². The highest BCUT2D eigenvalue weighted by atomic mass is 16.6. The molecule has 3 N–H and O–H groups in total. The molecule has 11 heteroatoms. The molecule has 0 unspecified atom stereocenters. The van der Waals surface area contributed by atoms with Gasteiger partial charge in [-0.05, 0) is 71.9 Å². The average Bonchev–Trinajstić information content (AvgIpc) is 3.88. The maximum Gasteiger partial charge on any atom is 0.410 e. The van der Waals surface area contributed by atoms with Crippen molar-refractivity contribution in [3.63, 3.8) is 0 Å². The number of rotatable bonds is 13. The van der Waals surface area contributed by atoms with Crippen LogP contribution in [0.3, 0.4) is 0 Å². The van der Waals surface area contributed by atoms with Gasteiger partial charge in [-0.3, -0.25) is 19.3 Å². The monoisotopic (exact) mass is 784 g/mol. The van der Waals surface area contributed by atoms with E-state index < -0.39 is 54.0 Å². The molecular formula is C47H52N4O7. The van der Waals surface area contributed by atoms with Crippen LogP contribution in [0.4, 0.5) is 4.79 Å². The van der Waals surface area contributed by atoms with Gasteiger partial charge in [-0.1, -0.05) is 128 Å². The van der Waals surface area contributed by atoms with Crippen molar-refractivity contribution < 1.29 is 33.8 Å². The standard InChI is InChI=1S/C47H52N4O7/c1-30(50(2)47(57)58-29-38-36-25-14-12-23-34(36)35-24-13-15-26-37(35)38)43(52)48-41(33-21-10-5-11-22-33)45(54)51-28-16-27-39(51)44(53)49-42(46(55)56)40(31-17-6-3-7-18-31)32-19-8-4-9-20-32/h3-4,6-9,12-15,17-20,23-26,30,33,38-42H,5,10-11,16,21-22,27-29H2,1-2H3,(H,48,52)(H,49,53)(H,55,56)/t30-,39-,41-,42-/m0/s1. The summed E-state index contributed by atoms with van der Waals surface area (Å²) < 4.78 is 5.83. The Morgan fingerprint density at radius 2 is 1.29 bits per heavy atom. The van der Waals surface area contributed by atoms with Gasteiger partial charge in [0, 0.05) is 25.4 Å². The van der Waals surface area contributed by atoms with Gasteiger partial charge in [0.05, 0.1) is 0 Å². The Morgan fingerprint density at radius 3 is 1.86 bits per heavy atom. The van der Waals surface area contributed by atoms with E-state index in [1.165, 1.54) is 16.8 Å². The van der Waals surface area contributed by atoms with Crippen molar-refractivity contribution in [1.29, 1.82) is 0 Å². The van der Waals surface area contributed by atoms with Gasteiger partial charge < -0.3 is 25.4 Å². The van der Waals surface area contributed by atoms with E-state index in [2.05, 4.69) is 22.8 Å². The Labute approximate surface area is 339 Å². The van der Waals surface area contributed by atoms with Crippen molar-refractivity contribution in [3.8, 4) is 11.1 Å². The van der Waals surface area contributed by atoms with Crippen LogP contribution < -0.4 is 10.6 Å². The number of nitrogens with zero attached hydrogens (tertiary/aromatic N) is 2. The van der Waals surface area contributed by atoms with Crippen molar-refractivity contribution in [2.75, 3.05) is 20.2 Å². The molecule has 1 saturated heterocycles. The number of benzene rings is 4. The lowest BCUT2D eigenvalue weighted by Gasteiger charge is -2.36. The Balaban J connectivity index is 1.04. The Bertz CT molecular complexity index is 2020. The van der Waals surface area contributed by atoms with Crippen LogP contribution in [0.1, 0.15) is 86.0 Å². The number of nitrogens with one attached hydrogen (secondary N) is 2. The highest BCUT2D eigenvalue weighted by molar-refractivity contribution is 5.95. The van der Waals surface area contributed by atoms with Crippen molar-refractivity contribution in [1.82, 2.24) is 20.4 Å². The van der Waals surface area contributed by atoms with Crippen molar-refractivity contribution >= 4 is 29.8 Å². The zero-order chi connectivity index (χ0) is 40.8. The lowest BCUT2D eigenvalue weighted by Crippen LogP contribution is -2.59. The molecule has 2 fully saturated rings. The SMILES string of the molecule is C[C@@H](C(=O)N[C@H](C(=O)N1CCC[C@H]1C(=O)N[C@H](C(=O)O)C(c1ccccc1)c1ccccc1)C1CCCCC1)N(C)C(=O)OCC1c2ccccc2-c2ccccc21. The number of carbonyl (C=O) groups is 5. The second kappa shape index (κ2) is 18.1. The second-order valence-corrected chi connectivity index (χ2v) is 15.8. The molecule has 0 spiro atoms. The summed E-state index contributed by atoms with van der Waals surface area (Å²) in [5.74, 6) is -3.59. The molecule has 302 valence electrons. The summed E-state index contributed by atoms with van der Waals surface area (Å²) >= 11 is 0. The highest BCUT2D eigenvalue weighted by Crippen LogP contribution is 2.44. The highest BCUT2D eigenvalue weighted by Gasteiger charge is 2.43. The lowest BCUT2D eigenvalue weighted by atomic mass is 9.83. The number of hydrogen-bond donors (Lipinski definition) is 3. The maximum atomic E-state index is 14.6. The fraction of sp³-hybridized carbons (Fsp3) is 0.383. The summed E-state index contributed by atoms with van der Waals surface area (Å²) in [5, 5.41) is 16.3. The Morgan fingerprint density at radius 1 is 0.741 bits per heavy atom. The largest absolute Gasteiger partial charge is 0.480 e. The van der Waals surface area contributed by atoms with Crippen LogP contribution in [0.2, 0.25) is 0 Å². The molecule has 3 aliphatic rings. The first kappa shape index (κ1) is 40.2. The number of carbonyl (C=O) groups excluding carboxylic acids is 4. The van der Waals surface area contributed by atoms with Gasteiger partial charge in [0.1, 0.15) is 30.8 Å². The van der Waals surface area contributed by atoms with E-state index in [1.54, 1.807) is 6.92 Å². The topological polar surface area (TPSA) is 145 Å². The molecule has 4 atom stereocenters. The quantitative estimate of drug-likeness (QED) is 0.137. The van der Waals surface area contributed by atoms with Crippen LogP contribution in [-0.2, 0) is 23.9 Å². The third-order valence-electron chi connectivity index (χ3n) is 12.3. The van der Waals surface area contributed by atoms with Gasteiger partial charge in [-0.2, -0.15) is 0 Å². The molecule has 0 aromatic heterocycles. The predicted molar refractivity (Wildman–Crippen MR) is 220 cm³/mol. The van der Waals surface area contributed by atoms with Crippen LogP contribution in [0.5, 0.6) is 0 Å². The summed E-state index contributed by atoms with van der Waals surface area (Å²) in [6, 6.07) is 30.4. The average molecular weight is 785 g/mol. The van der Waals surface area contributed by atoms with E-state index in [1.807, 2.05) is 97.1 Å². The van der Waals surface area contributed by atoms with Crippen LogP contribution in [0, 0.1) is 5.92 Å². The smallest absolute Gasteiger partial charge is 0.410 e. The molecule has 0 radical (unpaired) electrons. The number of carboxylic acid groups (broad SMARTS) is 1. The Hall–Kier alpha value is -5.97. The first-order chi connectivity index (χ1) is 28.1. The normalized spacial score (nSPS) is 18.1. The number of hydrogen-bond acceptors (Lipinski definition) is 6. The molecule has 4 aromatic rings.